The first-order chi connectivity index (χ1) is 5.94. The number of aliphatic carboxylic acids is 1. The number of carbonyl (C=O) groups is 2. The second-order valence-electron chi connectivity index (χ2n) is 3.63. The Morgan fingerprint density at radius 2 is 2.21 bits per heavy atom. The molecule has 1 saturated heterocycles. The van der Waals surface area contributed by atoms with Gasteiger partial charge in [-0.25, -0.2) is 0 Å². The van der Waals surface area contributed by atoms with Crippen LogP contribution in [-0.2, 0) is 9.59 Å². The van der Waals surface area contributed by atoms with E-state index in [0.29, 0.717) is 13.1 Å². The lowest BCUT2D eigenvalue weighted by Crippen LogP contribution is -2.62. The number of amides is 1. The minimum absolute atomic E-state index is 0. The summed E-state index contributed by atoms with van der Waals surface area (Å²) in [4.78, 5) is 23.5. The van der Waals surface area contributed by atoms with E-state index in [1.54, 1.807) is 18.7 Å². The molecule has 1 aliphatic rings. The minimum atomic E-state index is -0.900. The lowest BCUT2D eigenvalue weighted by molar-refractivity contribution is -0.144. The van der Waals surface area contributed by atoms with Gasteiger partial charge in [0.15, 0.2) is 0 Å². The second kappa shape index (κ2) is 4.61. The summed E-state index contributed by atoms with van der Waals surface area (Å²) in [5.74, 6) is -1.01. The molecule has 1 amide bonds. The number of halogens is 1. The van der Waals surface area contributed by atoms with E-state index in [0.717, 1.165) is 0 Å². The van der Waals surface area contributed by atoms with Crippen molar-refractivity contribution in [2.24, 2.45) is 0 Å². The Labute approximate surface area is 88.9 Å². The molecule has 1 aliphatic heterocycles. The van der Waals surface area contributed by atoms with Crippen LogP contribution in [-0.4, -0.2) is 47.1 Å². The zero-order valence-corrected chi connectivity index (χ0v) is 9.06. The molecule has 0 radical (unpaired) electrons. The number of nitrogens with one attached hydrogen (secondary N) is 1. The van der Waals surface area contributed by atoms with Gasteiger partial charge in [-0.15, -0.1) is 12.4 Å². The number of carbonyl (C=O) groups excluding carboxylic acids is 1. The van der Waals surface area contributed by atoms with E-state index in [9.17, 15) is 9.59 Å². The molecule has 0 bridgehead atoms. The van der Waals surface area contributed by atoms with Crippen LogP contribution in [0.4, 0.5) is 0 Å². The molecule has 2 N–H and O–H groups in total. The first-order valence-corrected chi connectivity index (χ1v) is 4.20. The third-order valence-electron chi connectivity index (χ3n) is 2.34. The zero-order valence-electron chi connectivity index (χ0n) is 8.24. The normalized spacial score (nSPS) is 20.9. The fourth-order valence-corrected chi connectivity index (χ4v) is 1.38. The van der Waals surface area contributed by atoms with Crippen molar-refractivity contribution in [2.75, 3.05) is 19.6 Å². The third kappa shape index (κ3) is 2.59. The van der Waals surface area contributed by atoms with Crippen LogP contribution in [0, 0.1) is 0 Å². The van der Waals surface area contributed by atoms with Crippen LogP contribution in [0.2, 0.25) is 0 Å². The lowest BCUT2D eigenvalue weighted by atomic mass is 9.99. The lowest BCUT2D eigenvalue weighted by Gasteiger charge is -2.40. The summed E-state index contributed by atoms with van der Waals surface area (Å²) in [6, 6.07) is 0. The predicted octanol–water partition coefficient (Wildman–Crippen LogP) is -0.297. The number of hydrogen-bond donors (Lipinski definition) is 2. The smallest absolute Gasteiger partial charge is 0.317 e. The Bertz CT molecular complexity index is 243. The topological polar surface area (TPSA) is 69.6 Å². The standard InChI is InChI=1S/C8H14N2O3.ClH/c1-8(2)7(13)9-3-4-10(8)5-6(11)12;/h3-5H2,1-2H3,(H,9,13)(H,11,12);1H. The average molecular weight is 223 g/mol. The van der Waals surface area contributed by atoms with Gasteiger partial charge in [0, 0.05) is 13.1 Å². The minimum Gasteiger partial charge on any atom is -0.480 e. The molecule has 0 atom stereocenters. The van der Waals surface area contributed by atoms with Gasteiger partial charge in [0.2, 0.25) is 5.91 Å². The average Bonchev–Trinajstić information content (AvgIpc) is 1.99. The molecule has 82 valence electrons. The van der Waals surface area contributed by atoms with Crippen LogP contribution in [0.5, 0.6) is 0 Å². The Morgan fingerprint density at radius 1 is 1.64 bits per heavy atom. The van der Waals surface area contributed by atoms with Gasteiger partial charge in [-0.05, 0) is 13.8 Å². The SMILES string of the molecule is CC1(C)C(=O)NCCN1CC(=O)O.Cl. The first-order valence-electron chi connectivity index (χ1n) is 4.20. The monoisotopic (exact) mass is 222 g/mol. The molecule has 5 nitrogen and oxygen atoms in total. The first kappa shape index (κ1) is 13.2. The van der Waals surface area contributed by atoms with E-state index in [-0.39, 0.29) is 24.9 Å². The van der Waals surface area contributed by atoms with Gasteiger partial charge < -0.3 is 10.4 Å². The zero-order chi connectivity index (χ0) is 10.1. The van der Waals surface area contributed by atoms with Crippen molar-refractivity contribution < 1.29 is 14.7 Å². The number of piperazine rings is 1. The summed E-state index contributed by atoms with van der Waals surface area (Å²) < 4.78 is 0. The van der Waals surface area contributed by atoms with Crippen LogP contribution >= 0.6 is 12.4 Å². The molecule has 0 unspecified atom stereocenters. The van der Waals surface area contributed by atoms with E-state index < -0.39 is 11.5 Å². The van der Waals surface area contributed by atoms with Gasteiger partial charge in [-0.3, -0.25) is 14.5 Å². The summed E-state index contributed by atoms with van der Waals surface area (Å²) in [6.45, 7) is 4.48. The van der Waals surface area contributed by atoms with Gasteiger partial charge in [-0.2, -0.15) is 0 Å². The van der Waals surface area contributed by atoms with Crippen molar-refractivity contribution in [1.82, 2.24) is 10.2 Å². The van der Waals surface area contributed by atoms with E-state index in [2.05, 4.69) is 5.32 Å². The van der Waals surface area contributed by atoms with E-state index in [1.807, 2.05) is 0 Å². The van der Waals surface area contributed by atoms with Crippen LogP contribution in [0.1, 0.15) is 13.8 Å². The number of nitrogens with zero attached hydrogens (tertiary/aromatic N) is 1. The van der Waals surface area contributed by atoms with Crippen LogP contribution in [0.3, 0.4) is 0 Å². The third-order valence-corrected chi connectivity index (χ3v) is 2.34. The van der Waals surface area contributed by atoms with Gasteiger partial charge in [0.05, 0.1) is 12.1 Å². The van der Waals surface area contributed by atoms with Crippen molar-refractivity contribution in [3.05, 3.63) is 0 Å². The van der Waals surface area contributed by atoms with Crippen molar-refractivity contribution in [3.8, 4) is 0 Å². The maximum Gasteiger partial charge on any atom is 0.317 e. The van der Waals surface area contributed by atoms with Crippen molar-refractivity contribution >= 4 is 24.3 Å². The number of hydrogen-bond acceptors (Lipinski definition) is 3. The highest BCUT2D eigenvalue weighted by Gasteiger charge is 2.38. The molecule has 1 fully saturated rings. The summed E-state index contributed by atoms with van der Waals surface area (Å²) in [6.07, 6.45) is 0. The summed E-state index contributed by atoms with van der Waals surface area (Å²) in [5.41, 5.74) is -0.712. The van der Waals surface area contributed by atoms with Gasteiger partial charge in [0.1, 0.15) is 0 Å². The van der Waals surface area contributed by atoms with Crippen molar-refractivity contribution in [1.29, 1.82) is 0 Å². The largest absolute Gasteiger partial charge is 0.480 e. The molecule has 14 heavy (non-hydrogen) atoms. The van der Waals surface area contributed by atoms with E-state index in [4.69, 9.17) is 5.11 Å². The highest BCUT2D eigenvalue weighted by Crippen LogP contribution is 2.16. The second-order valence-corrected chi connectivity index (χ2v) is 3.63. The van der Waals surface area contributed by atoms with Gasteiger partial charge in [-0.1, -0.05) is 0 Å². The summed E-state index contributed by atoms with van der Waals surface area (Å²) in [7, 11) is 0. The molecule has 0 saturated carbocycles. The Kier molecular flexibility index (Phi) is 4.35. The summed E-state index contributed by atoms with van der Waals surface area (Å²) >= 11 is 0. The van der Waals surface area contributed by atoms with Crippen molar-refractivity contribution in [3.63, 3.8) is 0 Å². The van der Waals surface area contributed by atoms with E-state index >= 15 is 0 Å². The quantitative estimate of drug-likeness (QED) is 0.673. The number of carboxylic acids is 1. The van der Waals surface area contributed by atoms with Gasteiger partial charge >= 0.3 is 5.97 Å². The highest BCUT2D eigenvalue weighted by atomic mass is 35.5. The van der Waals surface area contributed by atoms with Crippen LogP contribution in [0.15, 0.2) is 0 Å². The van der Waals surface area contributed by atoms with Crippen molar-refractivity contribution in [2.45, 2.75) is 19.4 Å². The molecule has 0 spiro atoms. The molecular weight excluding hydrogens is 208 g/mol. The molecule has 6 heteroatoms. The van der Waals surface area contributed by atoms with Crippen LogP contribution in [0.25, 0.3) is 0 Å². The maximum atomic E-state index is 11.4. The number of rotatable bonds is 2. The molecule has 1 heterocycles. The molecular formula is C8H15ClN2O3. The predicted molar refractivity (Wildman–Crippen MR) is 53.5 cm³/mol. The Hall–Kier alpha value is -0.810. The molecule has 0 aromatic heterocycles. The highest BCUT2D eigenvalue weighted by molar-refractivity contribution is 5.86. The molecule has 0 aromatic carbocycles. The summed E-state index contributed by atoms with van der Waals surface area (Å²) in [5, 5.41) is 11.3. The maximum absolute atomic E-state index is 11.4. The fourth-order valence-electron chi connectivity index (χ4n) is 1.38. The molecule has 1 rings (SSSR count). The molecule has 0 aliphatic carbocycles. The number of carboxylic acid groups (broad SMARTS) is 1. The Morgan fingerprint density at radius 3 is 2.71 bits per heavy atom. The van der Waals surface area contributed by atoms with E-state index in [1.165, 1.54) is 0 Å². The molecule has 0 aromatic rings. The fraction of sp³-hybridized carbons (Fsp3) is 0.750. The van der Waals surface area contributed by atoms with Gasteiger partial charge in [0.25, 0.3) is 0 Å². The Balaban J connectivity index is 0.00000169. The van der Waals surface area contributed by atoms with Crippen LogP contribution < -0.4 is 5.32 Å².